The number of aliphatic hydroxyl groups excluding tert-OH is 1. The summed E-state index contributed by atoms with van der Waals surface area (Å²) in [5.41, 5.74) is 3.23. The van der Waals surface area contributed by atoms with Gasteiger partial charge in [0, 0.05) is 0 Å². The molecule has 0 atom stereocenters. The molecule has 0 aliphatic heterocycles. The molecular formula is C17H22O3. The van der Waals surface area contributed by atoms with Crippen LogP contribution in [0.2, 0.25) is 0 Å². The maximum Gasteiger partial charge on any atom is 0.119 e. The fraction of sp³-hybridized carbons (Fsp3) is 0.294. The van der Waals surface area contributed by atoms with Crippen LogP contribution < -0.4 is 9.47 Å². The Morgan fingerprint density at radius 1 is 0.850 bits per heavy atom. The first kappa shape index (κ1) is 16.1. The molecule has 0 aliphatic rings. The molecular weight excluding hydrogens is 252 g/mol. The fourth-order valence-corrected chi connectivity index (χ4v) is 1.78. The van der Waals surface area contributed by atoms with Crippen LogP contribution in [-0.2, 0) is 6.61 Å². The van der Waals surface area contributed by atoms with Crippen molar-refractivity contribution in [3.8, 4) is 11.5 Å². The van der Waals surface area contributed by atoms with Crippen molar-refractivity contribution < 1.29 is 14.6 Å². The summed E-state index contributed by atoms with van der Waals surface area (Å²) in [7, 11) is 3.30. The third kappa shape index (κ3) is 5.33. The van der Waals surface area contributed by atoms with Gasteiger partial charge in [-0.1, -0.05) is 18.2 Å². The molecule has 0 radical (unpaired) electrons. The Morgan fingerprint density at radius 3 is 2.00 bits per heavy atom. The van der Waals surface area contributed by atoms with E-state index < -0.39 is 0 Å². The highest BCUT2D eigenvalue weighted by molar-refractivity contribution is 5.33. The summed E-state index contributed by atoms with van der Waals surface area (Å²) in [4.78, 5) is 0. The van der Waals surface area contributed by atoms with Gasteiger partial charge in [-0.25, -0.2) is 0 Å². The van der Waals surface area contributed by atoms with Gasteiger partial charge in [0.25, 0.3) is 0 Å². The van der Waals surface area contributed by atoms with E-state index in [-0.39, 0.29) is 6.61 Å². The van der Waals surface area contributed by atoms with Gasteiger partial charge in [0.1, 0.15) is 11.5 Å². The van der Waals surface area contributed by atoms with Crippen LogP contribution in [0.4, 0.5) is 0 Å². The molecule has 0 aliphatic carbocycles. The Balaban J connectivity index is 0.000000204. The van der Waals surface area contributed by atoms with Crippen LogP contribution in [0.25, 0.3) is 0 Å². The van der Waals surface area contributed by atoms with Crippen LogP contribution in [0.1, 0.15) is 16.7 Å². The summed E-state index contributed by atoms with van der Waals surface area (Å²) in [5.74, 6) is 1.73. The van der Waals surface area contributed by atoms with Crippen molar-refractivity contribution in [2.45, 2.75) is 20.5 Å². The second kappa shape index (κ2) is 8.23. The molecule has 2 aromatic rings. The molecule has 0 amide bonds. The molecule has 108 valence electrons. The third-order valence-electron chi connectivity index (χ3n) is 2.75. The predicted octanol–water partition coefficient (Wildman–Crippen LogP) is 3.50. The largest absolute Gasteiger partial charge is 0.497 e. The fourth-order valence-electron chi connectivity index (χ4n) is 1.78. The highest BCUT2D eigenvalue weighted by atomic mass is 16.5. The minimum Gasteiger partial charge on any atom is -0.497 e. The predicted molar refractivity (Wildman–Crippen MR) is 81.4 cm³/mol. The van der Waals surface area contributed by atoms with Crippen LogP contribution >= 0.6 is 0 Å². The first-order chi connectivity index (χ1) is 9.58. The zero-order valence-corrected chi connectivity index (χ0v) is 12.5. The molecule has 0 fully saturated rings. The molecule has 2 aromatic carbocycles. The van der Waals surface area contributed by atoms with Gasteiger partial charge < -0.3 is 14.6 Å². The van der Waals surface area contributed by atoms with Crippen LogP contribution in [-0.4, -0.2) is 19.3 Å². The second-order valence-corrected chi connectivity index (χ2v) is 4.54. The summed E-state index contributed by atoms with van der Waals surface area (Å²) in [6, 6.07) is 13.7. The van der Waals surface area contributed by atoms with Crippen molar-refractivity contribution in [2.24, 2.45) is 0 Å². The lowest BCUT2D eigenvalue weighted by atomic mass is 10.1. The zero-order valence-electron chi connectivity index (χ0n) is 12.5. The molecule has 20 heavy (non-hydrogen) atoms. The van der Waals surface area contributed by atoms with Crippen LogP contribution in [0.5, 0.6) is 11.5 Å². The molecule has 3 nitrogen and oxygen atoms in total. The number of rotatable bonds is 3. The minimum absolute atomic E-state index is 0.0675. The van der Waals surface area contributed by atoms with Gasteiger partial charge in [-0.05, 0) is 54.8 Å². The number of benzene rings is 2. The lowest BCUT2D eigenvalue weighted by Crippen LogP contribution is -1.88. The SMILES string of the molecule is COc1cc(C)cc(CO)c1.COc1cccc(C)c1. The van der Waals surface area contributed by atoms with E-state index in [0.717, 1.165) is 22.6 Å². The van der Waals surface area contributed by atoms with Crippen molar-refractivity contribution in [1.82, 2.24) is 0 Å². The van der Waals surface area contributed by atoms with E-state index in [0.29, 0.717) is 0 Å². The summed E-state index contributed by atoms with van der Waals surface area (Å²) < 4.78 is 10.0. The number of aliphatic hydroxyl groups is 1. The van der Waals surface area contributed by atoms with Crippen LogP contribution in [0.15, 0.2) is 42.5 Å². The molecule has 0 unspecified atom stereocenters. The summed E-state index contributed by atoms with van der Waals surface area (Å²) in [6.07, 6.45) is 0. The van der Waals surface area contributed by atoms with Crippen molar-refractivity contribution in [3.63, 3.8) is 0 Å². The minimum atomic E-state index is 0.0675. The molecule has 0 saturated heterocycles. The van der Waals surface area contributed by atoms with E-state index in [2.05, 4.69) is 0 Å². The van der Waals surface area contributed by atoms with Gasteiger partial charge in [-0.2, -0.15) is 0 Å². The maximum atomic E-state index is 8.83. The van der Waals surface area contributed by atoms with Crippen LogP contribution in [0.3, 0.4) is 0 Å². The molecule has 0 heterocycles. The average molecular weight is 274 g/mol. The van der Waals surface area contributed by atoms with E-state index in [1.807, 2.05) is 56.3 Å². The summed E-state index contributed by atoms with van der Waals surface area (Å²) in [6.45, 7) is 4.09. The third-order valence-corrected chi connectivity index (χ3v) is 2.75. The number of hydrogen-bond donors (Lipinski definition) is 1. The van der Waals surface area contributed by atoms with Gasteiger partial charge in [0.05, 0.1) is 20.8 Å². The van der Waals surface area contributed by atoms with Crippen molar-refractivity contribution in [2.75, 3.05) is 14.2 Å². The number of aryl methyl sites for hydroxylation is 2. The van der Waals surface area contributed by atoms with E-state index in [1.165, 1.54) is 5.56 Å². The molecule has 0 spiro atoms. The van der Waals surface area contributed by atoms with Gasteiger partial charge in [-0.3, -0.25) is 0 Å². The van der Waals surface area contributed by atoms with Crippen molar-refractivity contribution in [3.05, 3.63) is 59.2 Å². The second-order valence-electron chi connectivity index (χ2n) is 4.54. The van der Waals surface area contributed by atoms with Gasteiger partial charge in [0.15, 0.2) is 0 Å². The first-order valence-electron chi connectivity index (χ1n) is 6.45. The van der Waals surface area contributed by atoms with E-state index in [1.54, 1.807) is 14.2 Å². The normalized spacial score (nSPS) is 9.45. The van der Waals surface area contributed by atoms with E-state index in [9.17, 15) is 0 Å². The van der Waals surface area contributed by atoms with Crippen molar-refractivity contribution >= 4 is 0 Å². The Hall–Kier alpha value is -2.00. The number of hydrogen-bond acceptors (Lipinski definition) is 3. The summed E-state index contributed by atoms with van der Waals surface area (Å²) in [5, 5.41) is 8.83. The zero-order chi connectivity index (χ0) is 15.0. The lowest BCUT2D eigenvalue weighted by Gasteiger charge is -2.03. The number of methoxy groups -OCH3 is 2. The smallest absolute Gasteiger partial charge is 0.119 e. The van der Waals surface area contributed by atoms with Crippen molar-refractivity contribution in [1.29, 1.82) is 0 Å². The number of ether oxygens (including phenoxy) is 2. The van der Waals surface area contributed by atoms with E-state index in [4.69, 9.17) is 14.6 Å². The Morgan fingerprint density at radius 2 is 1.50 bits per heavy atom. The lowest BCUT2D eigenvalue weighted by molar-refractivity contribution is 0.281. The standard InChI is InChI=1S/C9H12O2.C8H10O/c1-7-3-8(6-10)5-9(4-7)11-2;1-7-4-3-5-8(6-7)9-2/h3-5,10H,6H2,1-2H3;3-6H,1-2H3. The topological polar surface area (TPSA) is 38.7 Å². The molecule has 1 N–H and O–H groups in total. The Bertz CT molecular complexity index is 513. The monoisotopic (exact) mass is 274 g/mol. The maximum absolute atomic E-state index is 8.83. The first-order valence-corrected chi connectivity index (χ1v) is 6.45. The molecule has 2 rings (SSSR count). The van der Waals surface area contributed by atoms with Gasteiger partial charge in [-0.15, -0.1) is 0 Å². The Kier molecular flexibility index (Phi) is 6.60. The van der Waals surface area contributed by atoms with E-state index >= 15 is 0 Å². The molecule has 0 aromatic heterocycles. The molecule has 0 saturated carbocycles. The van der Waals surface area contributed by atoms with Gasteiger partial charge in [0.2, 0.25) is 0 Å². The summed E-state index contributed by atoms with van der Waals surface area (Å²) >= 11 is 0. The van der Waals surface area contributed by atoms with Crippen LogP contribution in [0, 0.1) is 13.8 Å². The average Bonchev–Trinajstić information content (AvgIpc) is 2.47. The van der Waals surface area contributed by atoms with Gasteiger partial charge >= 0.3 is 0 Å². The molecule has 0 bridgehead atoms. The highest BCUT2D eigenvalue weighted by Crippen LogP contribution is 2.15. The molecule has 3 heteroatoms. The highest BCUT2D eigenvalue weighted by Gasteiger charge is 1.96. The quantitative estimate of drug-likeness (QED) is 0.931. The Labute approximate surface area is 120 Å².